The Morgan fingerprint density at radius 1 is 1.08 bits per heavy atom. The third-order valence-electron chi connectivity index (χ3n) is 3.32. The number of allylic oxidation sites excluding steroid dienone is 1. The Morgan fingerprint density at radius 3 is 2.62 bits per heavy atom. The van der Waals surface area contributed by atoms with Crippen LogP contribution in [-0.2, 0) is 0 Å². The summed E-state index contributed by atoms with van der Waals surface area (Å²) in [5, 5.41) is 3.46. The van der Waals surface area contributed by atoms with E-state index in [2.05, 4.69) is 11.4 Å². The second-order valence-corrected chi connectivity index (χ2v) is 4.50. The van der Waals surface area contributed by atoms with Crippen molar-refractivity contribution in [1.29, 1.82) is 0 Å². The second-order valence-electron chi connectivity index (χ2n) is 4.50. The van der Waals surface area contributed by atoms with Crippen LogP contribution < -0.4 is 5.32 Å². The van der Waals surface area contributed by atoms with E-state index in [-0.39, 0.29) is 0 Å². The topological polar surface area (TPSA) is 12.0 Å². The van der Waals surface area contributed by atoms with Gasteiger partial charge in [0.25, 0.3) is 0 Å². The maximum Gasteiger partial charge on any atom is 0.0164 e. The molecule has 1 N–H and O–H groups in total. The summed E-state index contributed by atoms with van der Waals surface area (Å²) in [4.78, 5) is 0. The quantitative estimate of drug-likeness (QED) is 0.610. The molecule has 0 aromatic carbocycles. The molecule has 1 nitrogen and oxygen atoms in total. The number of hydrogen-bond donors (Lipinski definition) is 1. The molecule has 1 heteroatoms. The zero-order chi connectivity index (χ0) is 8.93. The number of rotatable bonds is 1. The van der Waals surface area contributed by atoms with E-state index in [4.69, 9.17) is 0 Å². The van der Waals surface area contributed by atoms with Crippen LogP contribution in [0.2, 0.25) is 0 Å². The van der Waals surface area contributed by atoms with E-state index in [1.54, 1.807) is 5.57 Å². The van der Waals surface area contributed by atoms with E-state index >= 15 is 0 Å². The first-order valence-corrected chi connectivity index (χ1v) is 5.85. The molecule has 0 spiro atoms. The van der Waals surface area contributed by atoms with Crippen LogP contribution in [0, 0.1) is 5.92 Å². The Balaban J connectivity index is 1.85. The van der Waals surface area contributed by atoms with Gasteiger partial charge in [0.05, 0.1) is 0 Å². The van der Waals surface area contributed by atoms with Crippen molar-refractivity contribution >= 4 is 0 Å². The molecule has 2 fully saturated rings. The van der Waals surface area contributed by atoms with Crippen molar-refractivity contribution in [3.63, 3.8) is 0 Å². The summed E-state index contributed by atoms with van der Waals surface area (Å²) in [7, 11) is 0. The van der Waals surface area contributed by atoms with Crippen molar-refractivity contribution in [3.05, 3.63) is 11.6 Å². The Kier molecular flexibility index (Phi) is 3.42. The van der Waals surface area contributed by atoms with Gasteiger partial charge in [0.2, 0.25) is 0 Å². The van der Waals surface area contributed by atoms with Gasteiger partial charge in [-0.3, -0.25) is 0 Å². The molecule has 0 aromatic rings. The highest BCUT2D eigenvalue weighted by Crippen LogP contribution is 2.26. The average Bonchev–Trinajstić information content (AvgIpc) is 2.21. The summed E-state index contributed by atoms with van der Waals surface area (Å²) >= 11 is 0. The molecule has 1 aliphatic carbocycles. The van der Waals surface area contributed by atoms with E-state index in [1.807, 2.05) is 0 Å². The van der Waals surface area contributed by atoms with Crippen molar-refractivity contribution in [2.75, 3.05) is 13.1 Å². The van der Waals surface area contributed by atoms with Crippen LogP contribution in [0.15, 0.2) is 11.6 Å². The van der Waals surface area contributed by atoms with Gasteiger partial charge in [0, 0.05) is 6.54 Å². The summed E-state index contributed by atoms with van der Waals surface area (Å²) in [6, 6.07) is 0. The molecular formula is C12H21N. The molecule has 0 amide bonds. The molecular weight excluding hydrogens is 158 g/mol. The zero-order valence-corrected chi connectivity index (χ0v) is 8.52. The van der Waals surface area contributed by atoms with E-state index in [0.717, 1.165) is 12.5 Å². The lowest BCUT2D eigenvalue weighted by Crippen LogP contribution is -2.24. The van der Waals surface area contributed by atoms with E-state index in [9.17, 15) is 0 Å². The van der Waals surface area contributed by atoms with Crippen LogP contribution in [0.4, 0.5) is 0 Å². The Morgan fingerprint density at radius 2 is 1.92 bits per heavy atom. The van der Waals surface area contributed by atoms with E-state index < -0.39 is 0 Å². The normalized spacial score (nSPS) is 29.4. The van der Waals surface area contributed by atoms with Crippen LogP contribution in [0.3, 0.4) is 0 Å². The van der Waals surface area contributed by atoms with Crippen LogP contribution in [-0.4, -0.2) is 13.1 Å². The number of nitrogens with one attached hydrogen (secondary N) is 1. The van der Waals surface area contributed by atoms with Crippen molar-refractivity contribution < 1.29 is 0 Å². The third-order valence-corrected chi connectivity index (χ3v) is 3.32. The minimum Gasteiger partial charge on any atom is -0.313 e. The molecule has 1 aliphatic heterocycles. The highest BCUT2D eigenvalue weighted by molar-refractivity contribution is 5.08. The lowest BCUT2D eigenvalue weighted by Gasteiger charge is -2.22. The predicted molar refractivity (Wildman–Crippen MR) is 56.8 cm³/mol. The van der Waals surface area contributed by atoms with Gasteiger partial charge in [-0.15, -0.1) is 0 Å². The maximum atomic E-state index is 3.46. The van der Waals surface area contributed by atoms with Crippen molar-refractivity contribution in [2.24, 2.45) is 5.92 Å². The molecule has 0 bridgehead atoms. The lowest BCUT2D eigenvalue weighted by atomic mass is 9.87. The Hall–Kier alpha value is -0.300. The third kappa shape index (κ3) is 2.84. The molecule has 1 saturated carbocycles. The SMILES string of the molecule is C(=C1CCCNC1)C1CCCCC1. The van der Waals surface area contributed by atoms with Crippen molar-refractivity contribution in [3.8, 4) is 0 Å². The molecule has 1 heterocycles. The van der Waals surface area contributed by atoms with Gasteiger partial charge in [0.15, 0.2) is 0 Å². The smallest absolute Gasteiger partial charge is 0.0164 e. The molecule has 1 saturated heterocycles. The van der Waals surface area contributed by atoms with Gasteiger partial charge < -0.3 is 5.32 Å². The Labute approximate surface area is 81.6 Å². The fourth-order valence-electron chi connectivity index (χ4n) is 2.55. The van der Waals surface area contributed by atoms with Gasteiger partial charge in [-0.25, -0.2) is 0 Å². The fraction of sp³-hybridized carbons (Fsp3) is 0.833. The molecule has 74 valence electrons. The standard InChI is InChI=1S/C12H21N/c1-2-5-11(6-3-1)9-12-7-4-8-13-10-12/h9,11,13H,1-8,10H2. The maximum absolute atomic E-state index is 3.46. The molecule has 13 heavy (non-hydrogen) atoms. The van der Waals surface area contributed by atoms with Crippen molar-refractivity contribution in [1.82, 2.24) is 5.32 Å². The van der Waals surface area contributed by atoms with Crippen LogP contribution in [0.25, 0.3) is 0 Å². The van der Waals surface area contributed by atoms with Gasteiger partial charge >= 0.3 is 0 Å². The minimum absolute atomic E-state index is 0.920. The first-order chi connectivity index (χ1) is 6.45. The van der Waals surface area contributed by atoms with Crippen molar-refractivity contribution in [2.45, 2.75) is 44.9 Å². The summed E-state index contributed by atoms with van der Waals surface area (Å²) < 4.78 is 0. The summed E-state index contributed by atoms with van der Waals surface area (Å²) in [5.41, 5.74) is 1.68. The van der Waals surface area contributed by atoms with Crippen LogP contribution in [0.1, 0.15) is 44.9 Å². The fourth-order valence-corrected chi connectivity index (χ4v) is 2.55. The molecule has 2 aliphatic rings. The largest absolute Gasteiger partial charge is 0.313 e. The van der Waals surface area contributed by atoms with Gasteiger partial charge in [0.1, 0.15) is 0 Å². The number of hydrogen-bond acceptors (Lipinski definition) is 1. The van der Waals surface area contributed by atoms with E-state index in [1.165, 1.54) is 51.5 Å². The second kappa shape index (κ2) is 4.80. The average molecular weight is 179 g/mol. The molecule has 0 atom stereocenters. The lowest BCUT2D eigenvalue weighted by molar-refractivity contribution is 0.415. The van der Waals surface area contributed by atoms with E-state index in [0.29, 0.717) is 0 Å². The summed E-state index contributed by atoms with van der Waals surface area (Å²) in [5.74, 6) is 0.920. The molecule has 2 rings (SSSR count). The van der Waals surface area contributed by atoms with Crippen LogP contribution >= 0.6 is 0 Å². The molecule has 0 unspecified atom stereocenters. The zero-order valence-electron chi connectivity index (χ0n) is 8.52. The molecule has 0 aromatic heterocycles. The Bertz CT molecular complexity index is 170. The highest BCUT2D eigenvalue weighted by Gasteiger charge is 2.12. The number of piperidine rings is 1. The van der Waals surface area contributed by atoms with Gasteiger partial charge in [-0.2, -0.15) is 0 Å². The first-order valence-electron chi connectivity index (χ1n) is 5.85. The minimum atomic E-state index is 0.920. The summed E-state index contributed by atoms with van der Waals surface area (Å²) in [6.07, 6.45) is 12.6. The molecule has 0 radical (unpaired) electrons. The van der Waals surface area contributed by atoms with Gasteiger partial charge in [-0.05, 0) is 38.1 Å². The highest BCUT2D eigenvalue weighted by atomic mass is 14.9. The predicted octanol–water partition coefficient (Wildman–Crippen LogP) is 2.88. The first kappa shape index (κ1) is 9.26. The monoisotopic (exact) mass is 179 g/mol. The van der Waals surface area contributed by atoms with Crippen LogP contribution in [0.5, 0.6) is 0 Å². The van der Waals surface area contributed by atoms with Gasteiger partial charge in [-0.1, -0.05) is 30.9 Å². The summed E-state index contributed by atoms with van der Waals surface area (Å²) in [6.45, 7) is 2.39.